The summed E-state index contributed by atoms with van der Waals surface area (Å²) < 4.78 is 35.3. The molecule has 0 aliphatic rings. The van der Waals surface area contributed by atoms with Crippen molar-refractivity contribution in [3.63, 3.8) is 0 Å². The minimum Gasteiger partial charge on any atom is -0.264 e. The average molecular weight is 317 g/mol. The topological polar surface area (TPSA) is 63.6 Å². The fourth-order valence-corrected chi connectivity index (χ4v) is 2.89. The predicted molar refractivity (Wildman–Crippen MR) is 84.2 cm³/mol. The number of hydrogen-bond donors (Lipinski definition) is 1. The Bertz CT molecular complexity index is 317. The Morgan fingerprint density at radius 1 is 1.10 bits per heavy atom. The van der Waals surface area contributed by atoms with E-state index in [2.05, 4.69) is 13.8 Å². The molecular formula is C14H30NaO4S. The molecule has 2 unspecified atom stereocenters. The first-order valence-corrected chi connectivity index (χ1v) is 8.80. The van der Waals surface area contributed by atoms with E-state index in [1.807, 2.05) is 13.8 Å². The molecule has 0 bridgehead atoms. The molecule has 0 spiro atoms. The molecule has 0 saturated carbocycles. The van der Waals surface area contributed by atoms with Gasteiger partial charge in [-0.25, -0.2) is 4.18 Å². The van der Waals surface area contributed by atoms with Crippen molar-refractivity contribution in [3.05, 3.63) is 0 Å². The average Bonchev–Trinajstić information content (AvgIpc) is 2.26. The van der Waals surface area contributed by atoms with Crippen LogP contribution in [0.3, 0.4) is 0 Å². The van der Waals surface area contributed by atoms with Crippen molar-refractivity contribution in [2.45, 2.75) is 78.7 Å². The van der Waals surface area contributed by atoms with Gasteiger partial charge in [0.15, 0.2) is 0 Å². The summed E-state index contributed by atoms with van der Waals surface area (Å²) in [6.45, 7) is 8.39. The molecule has 0 aromatic heterocycles. The minimum atomic E-state index is -4.34. The second kappa shape index (κ2) is 12.4. The van der Waals surface area contributed by atoms with Crippen LogP contribution in [0.1, 0.15) is 72.6 Å². The SMILES string of the molecule is CCCCC(CC)CCC(CC(C)C)OS(=O)(=O)O.[Na]. The van der Waals surface area contributed by atoms with Gasteiger partial charge in [0.05, 0.1) is 6.10 Å². The van der Waals surface area contributed by atoms with E-state index in [1.54, 1.807) is 0 Å². The molecule has 0 amide bonds. The van der Waals surface area contributed by atoms with Gasteiger partial charge >= 0.3 is 10.4 Å². The van der Waals surface area contributed by atoms with Gasteiger partial charge in [-0.15, -0.1) is 0 Å². The van der Waals surface area contributed by atoms with Gasteiger partial charge in [0.1, 0.15) is 0 Å². The summed E-state index contributed by atoms with van der Waals surface area (Å²) in [5, 5.41) is 0. The Labute approximate surface area is 147 Å². The van der Waals surface area contributed by atoms with Gasteiger partial charge in [0.2, 0.25) is 0 Å². The van der Waals surface area contributed by atoms with Crippen molar-refractivity contribution < 1.29 is 17.2 Å². The summed E-state index contributed by atoms with van der Waals surface area (Å²) in [6.07, 6.45) is 6.62. The Morgan fingerprint density at radius 3 is 2.10 bits per heavy atom. The summed E-state index contributed by atoms with van der Waals surface area (Å²) in [5.41, 5.74) is 0. The van der Waals surface area contributed by atoms with Crippen LogP contribution in [0.5, 0.6) is 0 Å². The molecule has 1 radical (unpaired) electrons. The van der Waals surface area contributed by atoms with Crippen molar-refractivity contribution in [1.29, 1.82) is 0 Å². The van der Waals surface area contributed by atoms with Crippen LogP contribution in [0.15, 0.2) is 0 Å². The van der Waals surface area contributed by atoms with Crippen molar-refractivity contribution in [1.82, 2.24) is 0 Å². The van der Waals surface area contributed by atoms with Crippen LogP contribution in [0.2, 0.25) is 0 Å². The molecule has 0 aromatic rings. The van der Waals surface area contributed by atoms with E-state index in [0.29, 0.717) is 24.7 Å². The first-order chi connectivity index (χ1) is 8.78. The van der Waals surface area contributed by atoms with Crippen LogP contribution < -0.4 is 0 Å². The first-order valence-electron chi connectivity index (χ1n) is 7.44. The van der Waals surface area contributed by atoms with Crippen molar-refractivity contribution in [2.24, 2.45) is 11.8 Å². The Balaban J connectivity index is 0. The summed E-state index contributed by atoms with van der Waals surface area (Å²) in [6, 6.07) is 0. The van der Waals surface area contributed by atoms with E-state index in [0.717, 1.165) is 12.8 Å². The van der Waals surface area contributed by atoms with Crippen LogP contribution >= 0.6 is 0 Å². The molecule has 0 aromatic carbocycles. The van der Waals surface area contributed by atoms with Gasteiger partial charge in [-0.05, 0) is 31.1 Å². The second-order valence-electron chi connectivity index (χ2n) is 5.77. The fourth-order valence-electron chi connectivity index (χ4n) is 2.37. The van der Waals surface area contributed by atoms with E-state index in [4.69, 9.17) is 8.74 Å². The van der Waals surface area contributed by atoms with Crippen molar-refractivity contribution in [2.75, 3.05) is 0 Å². The molecule has 0 rings (SSSR count). The third-order valence-corrected chi connectivity index (χ3v) is 3.95. The minimum absolute atomic E-state index is 0. The fraction of sp³-hybridized carbons (Fsp3) is 1.00. The Hall–Kier alpha value is 0.870. The molecule has 4 nitrogen and oxygen atoms in total. The normalized spacial score (nSPS) is 14.9. The van der Waals surface area contributed by atoms with Crippen LogP contribution in [0.4, 0.5) is 0 Å². The zero-order valence-electron chi connectivity index (χ0n) is 13.8. The van der Waals surface area contributed by atoms with Gasteiger partial charge < -0.3 is 0 Å². The van der Waals surface area contributed by atoms with Crippen molar-refractivity contribution >= 4 is 40.0 Å². The van der Waals surface area contributed by atoms with Crippen LogP contribution in [-0.4, -0.2) is 48.6 Å². The smallest absolute Gasteiger partial charge is 0.264 e. The maximum absolute atomic E-state index is 10.8. The summed E-state index contributed by atoms with van der Waals surface area (Å²) >= 11 is 0. The molecule has 1 N–H and O–H groups in total. The van der Waals surface area contributed by atoms with E-state index in [1.165, 1.54) is 19.3 Å². The quantitative estimate of drug-likeness (QED) is 0.464. The molecule has 0 saturated heterocycles. The number of rotatable bonds is 11. The molecule has 117 valence electrons. The van der Waals surface area contributed by atoms with E-state index < -0.39 is 16.5 Å². The van der Waals surface area contributed by atoms with Gasteiger partial charge in [0, 0.05) is 29.6 Å². The molecule has 0 aliphatic carbocycles. The van der Waals surface area contributed by atoms with Gasteiger partial charge in [-0.3, -0.25) is 4.55 Å². The van der Waals surface area contributed by atoms with Crippen LogP contribution in [0.25, 0.3) is 0 Å². The molecular weight excluding hydrogens is 287 g/mol. The maximum atomic E-state index is 10.8. The maximum Gasteiger partial charge on any atom is 0.397 e. The Morgan fingerprint density at radius 2 is 1.70 bits per heavy atom. The third-order valence-electron chi connectivity index (χ3n) is 3.43. The molecule has 2 atom stereocenters. The monoisotopic (exact) mass is 317 g/mol. The molecule has 0 fully saturated rings. The number of unbranched alkanes of at least 4 members (excludes halogenated alkanes) is 1. The largest absolute Gasteiger partial charge is 0.397 e. The van der Waals surface area contributed by atoms with Crippen LogP contribution in [0, 0.1) is 11.8 Å². The Kier molecular flexibility index (Phi) is 14.4. The van der Waals surface area contributed by atoms with E-state index in [9.17, 15) is 8.42 Å². The van der Waals surface area contributed by atoms with Gasteiger partial charge in [-0.1, -0.05) is 53.4 Å². The summed E-state index contributed by atoms with van der Waals surface area (Å²) in [5.74, 6) is 0.974. The van der Waals surface area contributed by atoms with Crippen molar-refractivity contribution in [3.8, 4) is 0 Å². The molecule has 0 heterocycles. The summed E-state index contributed by atoms with van der Waals surface area (Å²) in [4.78, 5) is 0. The van der Waals surface area contributed by atoms with E-state index >= 15 is 0 Å². The van der Waals surface area contributed by atoms with Gasteiger partial charge in [-0.2, -0.15) is 8.42 Å². The summed E-state index contributed by atoms with van der Waals surface area (Å²) in [7, 11) is -4.34. The molecule has 6 heteroatoms. The van der Waals surface area contributed by atoms with E-state index in [-0.39, 0.29) is 29.6 Å². The zero-order chi connectivity index (χ0) is 14.9. The van der Waals surface area contributed by atoms with Gasteiger partial charge in [0.25, 0.3) is 0 Å². The standard InChI is InChI=1S/C14H30O4S.Na/c1-5-7-8-13(6-2)9-10-14(11-12(3)4)18-19(15,16)17;/h12-14H,5-11H2,1-4H3,(H,15,16,17);. The second-order valence-corrected chi connectivity index (χ2v) is 6.82. The number of hydrogen-bond acceptors (Lipinski definition) is 3. The van der Waals surface area contributed by atoms with Crippen LogP contribution in [-0.2, 0) is 14.6 Å². The molecule has 0 aliphatic heterocycles. The molecule has 20 heavy (non-hydrogen) atoms. The first kappa shape index (κ1) is 23.1. The predicted octanol–water partition coefficient (Wildman–Crippen LogP) is 3.84. The third kappa shape index (κ3) is 13.8. The zero-order valence-corrected chi connectivity index (χ0v) is 16.6.